The molecule has 2 aromatic rings. The lowest BCUT2D eigenvalue weighted by molar-refractivity contribution is -0.141. The normalized spacial score (nSPS) is 14.6. The van der Waals surface area contributed by atoms with Gasteiger partial charge in [0.2, 0.25) is 5.91 Å². The summed E-state index contributed by atoms with van der Waals surface area (Å²) in [4.78, 5) is 12.1. The van der Waals surface area contributed by atoms with Crippen molar-refractivity contribution in [2.45, 2.75) is 51.7 Å². The van der Waals surface area contributed by atoms with Gasteiger partial charge in [-0.2, -0.15) is 18.3 Å². The minimum Gasteiger partial charge on any atom is -0.326 e. The summed E-state index contributed by atoms with van der Waals surface area (Å²) in [6.07, 6.45) is -2.64. The van der Waals surface area contributed by atoms with Crippen LogP contribution < -0.4 is 5.32 Å². The summed E-state index contributed by atoms with van der Waals surface area (Å²) >= 11 is 0. The summed E-state index contributed by atoms with van der Waals surface area (Å²) < 4.78 is 40.0. The summed E-state index contributed by atoms with van der Waals surface area (Å²) in [5.41, 5.74) is 2.46. The molecule has 1 N–H and O–H groups in total. The van der Waals surface area contributed by atoms with Gasteiger partial charge in [-0.25, -0.2) is 0 Å². The van der Waals surface area contributed by atoms with Crippen molar-refractivity contribution in [1.29, 1.82) is 0 Å². The fourth-order valence-electron chi connectivity index (χ4n) is 2.83. The first-order valence-corrected chi connectivity index (χ1v) is 8.26. The molecular weight excluding hydrogens is 331 g/mol. The van der Waals surface area contributed by atoms with Crippen molar-refractivity contribution in [3.63, 3.8) is 0 Å². The lowest BCUT2D eigenvalue weighted by atomic mass is 10.1. The molecule has 1 aromatic heterocycles. The van der Waals surface area contributed by atoms with Gasteiger partial charge in [-0.1, -0.05) is 17.7 Å². The van der Waals surface area contributed by atoms with E-state index in [0.717, 1.165) is 35.7 Å². The first-order valence-electron chi connectivity index (χ1n) is 8.26. The number of nitrogens with one attached hydrogen (secondary N) is 1. The van der Waals surface area contributed by atoms with E-state index in [1.165, 1.54) is 4.68 Å². The minimum atomic E-state index is -4.46. The topological polar surface area (TPSA) is 46.9 Å². The fraction of sp³-hybridized carbons (Fsp3) is 0.444. The predicted octanol–water partition coefficient (Wildman–Crippen LogP) is 4.42. The number of amides is 1. The number of rotatable bonds is 5. The molecule has 1 amide bonds. The lowest BCUT2D eigenvalue weighted by Gasteiger charge is -2.10. The Hall–Kier alpha value is -2.31. The van der Waals surface area contributed by atoms with Gasteiger partial charge in [0.1, 0.15) is 0 Å². The zero-order valence-electron chi connectivity index (χ0n) is 14.2. The SMILES string of the molecule is Cc1ccc(NC(=O)CCn2nc(C(F)(F)F)cc2C2CC2)c(C)c1. The molecule has 0 aliphatic heterocycles. The van der Waals surface area contributed by atoms with Gasteiger partial charge in [0, 0.05) is 30.3 Å². The molecule has 4 nitrogen and oxygen atoms in total. The van der Waals surface area contributed by atoms with Gasteiger partial charge in [0.25, 0.3) is 0 Å². The zero-order chi connectivity index (χ0) is 18.2. The Morgan fingerprint density at radius 3 is 2.60 bits per heavy atom. The molecule has 1 heterocycles. The second-order valence-electron chi connectivity index (χ2n) is 6.57. The van der Waals surface area contributed by atoms with Gasteiger partial charge < -0.3 is 5.32 Å². The monoisotopic (exact) mass is 351 g/mol. The Morgan fingerprint density at radius 1 is 1.28 bits per heavy atom. The van der Waals surface area contributed by atoms with E-state index in [0.29, 0.717) is 5.69 Å². The van der Waals surface area contributed by atoms with Crippen molar-refractivity contribution < 1.29 is 18.0 Å². The van der Waals surface area contributed by atoms with Crippen molar-refractivity contribution >= 4 is 11.6 Å². The zero-order valence-corrected chi connectivity index (χ0v) is 14.2. The van der Waals surface area contributed by atoms with Crippen LogP contribution in [0.15, 0.2) is 24.3 Å². The molecule has 0 unspecified atom stereocenters. The fourth-order valence-corrected chi connectivity index (χ4v) is 2.83. The van der Waals surface area contributed by atoms with E-state index < -0.39 is 11.9 Å². The van der Waals surface area contributed by atoms with Gasteiger partial charge >= 0.3 is 6.18 Å². The number of aromatic nitrogens is 2. The first-order chi connectivity index (χ1) is 11.7. The van der Waals surface area contributed by atoms with E-state index >= 15 is 0 Å². The minimum absolute atomic E-state index is 0.0754. The Labute approximate surface area is 144 Å². The number of halogens is 3. The van der Waals surface area contributed by atoms with Crippen molar-refractivity contribution in [2.24, 2.45) is 0 Å². The highest BCUT2D eigenvalue weighted by molar-refractivity contribution is 5.91. The third-order valence-electron chi connectivity index (χ3n) is 4.30. The number of benzene rings is 1. The van der Waals surface area contributed by atoms with Gasteiger partial charge in [-0.3, -0.25) is 9.48 Å². The molecule has 3 rings (SSSR count). The molecule has 1 aromatic carbocycles. The summed E-state index contributed by atoms with van der Waals surface area (Å²) in [6.45, 7) is 4.00. The number of hydrogen-bond donors (Lipinski definition) is 1. The van der Waals surface area contributed by atoms with E-state index in [1.807, 2.05) is 32.0 Å². The molecule has 25 heavy (non-hydrogen) atoms. The second kappa shape index (κ2) is 6.54. The Bertz CT molecular complexity index is 791. The number of aryl methyl sites for hydroxylation is 3. The Morgan fingerprint density at radius 2 is 2.00 bits per heavy atom. The summed E-state index contributed by atoms with van der Waals surface area (Å²) in [5.74, 6) is -0.108. The van der Waals surface area contributed by atoms with Crippen LogP contribution in [0.5, 0.6) is 0 Å². The van der Waals surface area contributed by atoms with E-state index in [-0.39, 0.29) is 24.8 Å². The third-order valence-corrected chi connectivity index (χ3v) is 4.30. The number of anilines is 1. The number of carbonyl (C=O) groups is 1. The summed E-state index contributed by atoms with van der Waals surface area (Å²) in [5, 5.41) is 6.47. The molecule has 1 aliphatic carbocycles. The molecule has 1 fully saturated rings. The van der Waals surface area contributed by atoms with E-state index in [1.54, 1.807) is 0 Å². The molecular formula is C18H20F3N3O. The number of carbonyl (C=O) groups excluding carboxylic acids is 1. The maximum Gasteiger partial charge on any atom is 0.435 e. The van der Waals surface area contributed by atoms with Crippen LogP contribution in [0.4, 0.5) is 18.9 Å². The standard InChI is InChI=1S/C18H20F3N3O/c1-11-3-6-14(12(2)9-11)22-17(25)7-8-24-15(13-4-5-13)10-16(23-24)18(19,20)21/h3,6,9-10,13H,4-5,7-8H2,1-2H3,(H,22,25). The van der Waals surface area contributed by atoms with E-state index in [9.17, 15) is 18.0 Å². The average molecular weight is 351 g/mol. The number of hydrogen-bond acceptors (Lipinski definition) is 2. The van der Waals surface area contributed by atoms with Crippen LogP contribution in [-0.4, -0.2) is 15.7 Å². The van der Waals surface area contributed by atoms with Crippen LogP contribution in [0.3, 0.4) is 0 Å². The molecule has 0 spiro atoms. The van der Waals surface area contributed by atoms with Gasteiger partial charge in [0.05, 0.1) is 0 Å². The maximum absolute atomic E-state index is 12.9. The molecule has 0 radical (unpaired) electrons. The quantitative estimate of drug-likeness (QED) is 0.866. The second-order valence-corrected chi connectivity index (χ2v) is 6.57. The van der Waals surface area contributed by atoms with Crippen LogP contribution in [0.25, 0.3) is 0 Å². The smallest absolute Gasteiger partial charge is 0.326 e. The number of nitrogens with zero attached hydrogens (tertiary/aromatic N) is 2. The molecule has 0 atom stereocenters. The molecule has 1 saturated carbocycles. The highest BCUT2D eigenvalue weighted by Gasteiger charge is 2.37. The summed E-state index contributed by atoms with van der Waals surface area (Å²) in [6, 6.07) is 6.80. The summed E-state index contributed by atoms with van der Waals surface area (Å²) in [7, 11) is 0. The first kappa shape index (κ1) is 17.5. The predicted molar refractivity (Wildman–Crippen MR) is 88.4 cm³/mol. The Kier molecular flexibility index (Phi) is 4.58. The highest BCUT2D eigenvalue weighted by atomic mass is 19.4. The molecule has 0 saturated heterocycles. The van der Waals surface area contributed by atoms with Crippen LogP contribution in [-0.2, 0) is 17.5 Å². The average Bonchev–Trinajstić information content (AvgIpc) is 3.26. The Balaban J connectivity index is 1.66. The van der Waals surface area contributed by atoms with Crippen molar-refractivity contribution in [3.05, 3.63) is 46.8 Å². The van der Waals surface area contributed by atoms with Crippen molar-refractivity contribution in [3.8, 4) is 0 Å². The van der Waals surface area contributed by atoms with Crippen LogP contribution in [0, 0.1) is 13.8 Å². The van der Waals surface area contributed by atoms with Crippen LogP contribution >= 0.6 is 0 Å². The van der Waals surface area contributed by atoms with Crippen molar-refractivity contribution in [1.82, 2.24) is 9.78 Å². The molecule has 134 valence electrons. The highest BCUT2D eigenvalue weighted by Crippen LogP contribution is 2.42. The van der Waals surface area contributed by atoms with Gasteiger partial charge in [0.15, 0.2) is 5.69 Å². The van der Waals surface area contributed by atoms with Crippen molar-refractivity contribution in [2.75, 3.05) is 5.32 Å². The lowest BCUT2D eigenvalue weighted by Crippen LogP contribution is -2.17. The number of alkyl halides is 3. The van der Waals surface area contributed by atoms with Gasteiger partial charge in [-0.05, 0) is 44.4 Å². The van der Waals surface area contributed by atoms with E-state index in [4.69, 9.17) is 0 Å². The maximum atomic E-state index is 12.9. The van der Waals surface area contributed by atoms with Crippen LogP contribution in [0.2, 0.25) is 0 Å². The molecule has 1 aliphatic rings. The van der Waals surface area contributed by atoms with E-state index in [2.05, 4.69) is 10.4 Å². The largest absolute Gasteiger partial charge is 0.435 e. The van der Waals surface area contributed by atoms with Crippen LogP contribution in [0.1, 0.15) is 47.7 Å². The van der Waals surface area contributed by atoms with Gasteiger partial charge in [-0.15, -0.1) is 0 Å². The molecule has 7 heteroatoms. The third kappa shape index (κ3) is 4.21. The molecule has 0 bridgehead atoms.